The predicted octanol–water partition coefficient (Wildman–Crippen LogP) is -0.977. The highest BCUT2D eigenvalue weighted by atomic mass is 19.1. The lowest BCUT2D eigenvalue weighted by Crippen LogP contribution is -2.42. The first-order valence-electron chi connectivity index (χ1n) is 5.54. The molecule has 1 fully saturated rings. The third-order valence-electron chi connectivity index (χ3n) is 3.09. The number of rotatable bonds is 3. The molecule has 1 unspecified atom stereocenters. The summed E-state index contributed by atoms with van der Waals surface area (Å²) in [5.74, 6) is -0.0981. The fourth-order valence-electron chi connectivity index (χ4n) is 2.02. The Labute approximate surface area is 107 Å². The number of aliphatic hydroxyl groups is 2. The molecule has 1 aliphatic rings. The Morgan fingerprint density at radius 1 is 1.68 bits per heavy atom. The zero-order valence-electron chi connectivity index (χ0n) is 10.0. The van der Waals surface area contributed by atoms with Crippen LogP contribution < -0.4 is 11.2 Å². The zero-order valence-corrected chi connectivity index (χ0v) is 10.0. The molecule has 8 nitrogen and oxygen atoms in total. The Morgan fingerprint density at radius 3 is 2.84 bits per heavy atom. The highest BCUT2D eigenvalue weighted by molar-refractivity contribution is 5.28. The summed E-state index contributed by atoms with van der Waals surface area (Å²) in [7, 11) is 0. The van der Waals surface area contributed by atoms with E-state index >= 15 is 0 Å². The minimum atomic E-state index is -2.26. The lowest BCUT2D eigenvalue weighted by atomic mass is 9.98. The number of nitrogens with zero attached hydrogens (tertiary/aromatic N) is 2. The van der Waals surface area contributed by atoms with Crippen molar-refractivity contribution in [1.29, 1.82) is 0 Å². The van der Waals surface area contributed by atoms with E-state index in [0.717, 1.165) is 11.5 Å². The molecule has 0 aliphatic carbocycles. The van der Waals surface area contributed by atoms with E-state index in [1.54, 1.807) is 5.48 Å². The van der Waals surface area contributed by atoms with E-state index in [4.69, 9.17) is 15.1 Å². The number of anilines is 1. The lowest BCUT2D eigenvalue weighted by molar-refractivity contribution is -0.0610. The van der Waals surface area contributed by atoms with Crippen LogP contribution in [-0.4, -0.2) is 49.5 Å². The largest absolute Gasteiger partial charge is 0.394 e. The summed E-state index contributed by atoms with van der Waals surface area (Å²) in [5.41, 5.74) is -1.43. The first kappa shape index (κ1) is 13.9. The van der Waals surface area contributed by atoms with Crippen LogP contribution in [0.2, 0.25) is 0 Å². The van der Waals surface area contributed by atoms with Crippen molar-refractivity contribution < 1.29 is 24.5 Å². The van der Waals surface area contributed by atoms with Gasteiger partial charge in [-0.25, -0.2) is 9.18 Å². The summed E-state index contributed by atoms with van der Waals surface area (Å²) < 4.78 is 20.4. The second-order valence-electron chi connectivity index (χ2n) is 4.42. The van der Waals surface area contributed by atoms with Crippen LogP contribution in [0, 0.1) is 0 Å². The van der Waals surface area contributed by atoms with E-state index in [0.29, 0.717) is 0 Å². The first-order chi connectivity index (χ1) is 8.91. The number of alkyl halides is 1. The Morgan fingerprint density at radius 2 is 2.37 bits per heavy atom. The fraction of sp³-hybridized carbons (Fsp3) is 0.600. The smallest absolute Gasteiger partial charge is 0.351 e. The van der Waals surface area contributed by atoms with E-state index in [-0.39, 0.29) is 5.82 Å². The van der Waals surface area contributed by atoms with Crippen LogP contribution >= 0.6 is 0 Å². The topological polar surface area (TPSA) is 117 Å². The average Bonchev–Trinajstić information content (AvgIpc) is 2.61. The van der Waals surface area contributed by atoms with Gasteiger partial charge in [-0.05, 0) is 13.0 Å². The van der Waals surface area contributed by atoms with Gasteiger partial charge < -0.3 is 14.9 Å². The molecule has 19 heavy (non-hydrogen) atoms. The molecule has 0 saturated carbocycles. The summed E-state index contributed by atoms with van der Waals surface area (Å²) in [6.45, 7) is 0.498. The second-order valence-corrected chi connectivity index (χ2v) is 4.42. The predicted molar refractivity (Wildman–Crippen MR) is 60.4 cm³/mol. The van der Waals surface area contributed by atoms with Crippen molar-refractivity contribution in [2.45, 2.75) is 31.0 Å². The summed E-state index contributed by atoms with van der Waals surface area (Å²) in [6.07, 6.45) is -2.93. The first-order valence-corrected chi connectivity index (χ1v) is 5.54. The van der Waals surface area contributed by atoms with Crippen LogP contribution in [0.1, 0.15) is 13.2 Å². The number of halogens is 1. The maximum absolute atomic E-state index is 14.4. The van der Waals surface area contributed by atoms with E-state index in [1.807, 2.05) is 0 Å². The summed E-state index contributed by atoms with van der Waals surface area (Å²) in [6, 6.07) is 1.24. The van der Waals surface area contributed by atoms with Crippen molar-refractivity contribution in [2.75, 3.05) is 12.1 Å². The number of nitrogens with one attached hydrogen (secondary N) is 1. The number of aliphatic hydroxyl groups excluding tert-OH is 2. The van der Waals surface area contributed by atoms with Gasteiger partial charge in [0.05, 0.1) is 6.61 Å². The van der Waals surface area contributed by atoms with Crippen LogP contribution in [0.15, 0.2) is 17.1 Å². The Hall–Kier alpha value is -1.55. The molecule has 1 saturated heterocycles. The van der Waals surface area contributed by atoms with Gasteiger partial charge in [0.1, 0.15) is 12.2 Å². The van der Waals surface area contributed by atoms with Crippen molar-refractivity contribution in [1.82, 2.24) is 9.55 Å². The molecule has 4 N–H and O–H groups in total. The van der Waals surface area contributed by atoms with Gasteiger partial charge in [0, 0.05) is 6.20 Å². The molecule has 0 bridgehead atoms. The molecule has 0 radical (unpaired) electrons. The van der Waals surface area contributed by atoms with Crippen molar-refractivity contribution in [3.63, 3.8) is 0 Å². The van der Waals surface area contributed by atoms with Crippen LogP contribution in [-0.2, 0) is 4.74 Å². The Kier molecular flexibility index (Phi) is 3.54. The molecule has 1 aliphatic heterocycles. The number of hydrogen-bond acceptors (Lipinski definition) is 7. The van der Waals surface area contributed by atoms with Crippen LogP contribution in [0.3, 0.4) is 0 Å². The van der Waals surface area contributed by atoms with Crippen molar-refractivity contribution in [3.05, 3.63) is 22.7 Å². The van der Waals surface area contributed by atoms with Gasteiger partial charge in [-0.15, -0.1) is 0 Å². The molecule has 0 amide bonds. The fourth-order valence-corrected chi connectivity index (χ4v) is 2.02. The highest BCUT2D eigenvalue weighted by Crippen LogP contribution is 2.40. The molecule has 2 heterocycles. The van der Waals surface area contributed by atoms with E-state index in [9.17, 15) is 14.3 Å². The van der Waals surface area contributed by atoms with Gasteiger partial charge >= 0.3 is 5.69 Å². The molecule has 0 spiro atoms. The maximum atomic E-state index is 14.4. The molecule has 4 atom stereocenters. The van der Waals surface area contributed by atoms with Crippen molar-refractivity contribution in [3.8, 4) is 0 Å². The number of hydrogen-bond donors (Lipinski definition) is 4. The van der Waals surface area contributed by atoms with E-state index in [1.165, 1.54) is 12.3 Å². The average molecular weight is 275 g/mol. The van der Waals surface area contributed by atoms with E-state index in [2.05, 4.69) is 4.98 Å². The Balaban J connectivity index is 2.39. The van der Waals surface area contributed by atoms with Gasteiger partial charge in [-0.3, -0.25) is 15.3 Å². The van der Waals surface area contributed by atoms with Crippen LogP contribution in [0.4, 0.5) is 10.2 Å². The quantitative estimate of drug-likeness (QED) is 0.524. The maximum Gasteiger partial charge on any atom is 0.351 e. The summed E-state index contributed by atoms with van der Waals surface area (Å²) in [5, 5.41) is 27.3. The zero-order chi connectivity index (χ0) is 14.2. The normalized spacial score (nSPS) is 34.5. The summed E-state index contributed by atoms with van der Waals surface area (Å²) >= 11 is 0. The van der Waals surface area contributed by atoms with Crippen LogP contribution in [0.25, 0.3) is 0 Å². The third kappa shape index (κ3) is 2.21. The second kappa shape index (κ2) is 4.85. The van der Waals surface area contributed by atoms with Crippen molar-refractivity contribution in [2.24, 2.45) is 0 Å². The minimum absolute atomic E-state index is 0.0981. The van der Waals surface area contributed by atoms with Gasteiger partial charge in [0.2, 0.25) is 0 Å². The molecule has 9 heteroatoms. The number of ether oxygens (including phenoxy) is 1. The highest BCUT2D eigenvalue weighted by Gasteiger charge is 2.55. The molecular formula is C10H14FN3O5. The van der Waals surface area contributed by atoms with Gasteiger partial charge in [0.25, 0.3) is 0 Å². The van der Waals surface area contributed by atoms with E-state index < -0.39 is 36.4 Å². The molecule has 1 aromatic rings. The molecular weight excluding hydrogens is 261 g/mol. The standard InChI is InChI=1S/C10H14FN3O5/c1-10(11)7(16)5(4-15)19-8(10)14-3-2-6(13-18)12-9(14)17/h2-3,5,7-8,15-16,18H,4H2,1H3,(H,12,13,17)/t5-,7?,8-,10-/m1/s1. The molecule has 106 valence electrons. The molecule has 0 aromatic carbocycles. The lowest BCUT2D eigenvalue weighted by Gasteiger charge is -2.24. The SMILES string of the molecule is C[C@@]1(F)C(O)[C@@H](CO)O[C@H]1n1ccc(NO)nc1=O. The number of aromatic nitrogens is 2. The van der Waals surface area contributed by atoms with Crippen LogP contribution in [0.5, 0.6) is 0 Å². The van der Waals surface area contributed by atoms with Gasteiger partial charge in [-0.2, -0.15) is 4.98 Å². The Bertz CT molecular complexity index is 520. The minimum Gasteiger partial charge on any atom is -0.394 e. The third-order valence-corrected chi connectivity index (χ3v) is 3.09. The summed E-state index contributed by atoms with van der Waals surface area (Å²) in [4.78, 5) is 15.1. The molecule has 1 aromatic heterocycles. The molecule has 2 rings (SSSR count). The van der Waals surface area contributed by atoms with Gasteiger partial charge in [-0.1, -0.05) is 0 Å². The monoisotopic (exact) mass is 275 g/mol. The van der Waals surface area contributed by atoms with Crippen molar-refractivity contribution >= 4 is 5.82 Å². The van der Waals surface area contributed by atoms with Gasteiger partial charge in [0.15, 0.2) is 17.7 Å².